The fourth-order valence-corrected chi connectivity index (χ4v) is 4.82. The number of carbonyl (C=O) groups is 2. The quantitative estimate of drug-likeness (QED) is 0.0696. The minimum absolute atomic E-state index is 0.136. The lowest BCUT2D eigenvalue weighted by atomic mass is 9.95. The summed E-state index contributed by atoms with van der Waals surface area (Å²) in [4.78, 5) is 31.4. The highest BCUT2D eigenvalue weighted by molar-refractivity contribution is 5.90. The normalized spacial score (nSPS) is 13.4. The fourth-order valence-electron chi connectivity index (χ4n) is 4.82. The topological polar surface area (TPSA) is 207 Å². The Morgan fingerprint density at radius 1 is 1.00 bits per heavy atom. The molecule has 0 spiro atoms. The van der Waals surface area contributed by atoms with E-state index in [-0.39, 0.29) is 12.2 Å². The molecule has 0 bridgehead atoms. The van der Waals surface area contributed by atoms with Crippen molar-refractivity contribution in [3.63, 3.8) is 0 Å². The van der Waals surface area contributed by atoms with Crippen LogP contribution < -0.4 is 33.4 Å². The van der Waals surface area contributed by atoms with Crippen LogP contribution in [0.4, 0.5) is 0 Å². The number of nitrogens with zero attached hydrogens (tertiary/aromatic N) is 2. The number of unbranched alkanes of at least 4 members (excludes halogenated alkanes) is 1. The van der Waals surface area contributed by atoms with Crippen LogP contribution in [0, 0.1) is 13.8 Å². The van der Waals surface area contributed by atoms with E-state index in [1.54, 1.807) is 12.1 Å². The number of aromatic hydroxyl groups is 1. The van der Waals surface area contributed by atoms with Crippen LogP contribution in [0.25, 0.3) is 0 Å². The number of aromatic nitrogens is 2. The van der Waals surface area contributed by atoms with Gasteiger partial charge < -0.3 is 31.7 Å². The molecule has 2 amide bonds. The molecule has 3 atom stereocenters. The van der Waals surface area contributed by atoms with Crippen LogP contribution in [0.1, 0.15) is 72.1 Å². The van der Waals surface area contributed by atoms with Gasteiger partial charge in [0.25, 0.3) is 0 Å². The number of phenols is 1. The van der Waals surface area contributed by atoms with Gasteiger partial charge in [-0.1, -0.05) is 35.5 Å². The maximum atomic E-state index is 13.8. The van der Waals surface area contributed by atoms with E-state index in [2.05, 4.69) is 26.2 Å². The van der Waals surface area contributed by atoms with Crippen LogP contribution in [0.5, 0.6) is 5.75 Å². The standard InChI is InChI=1S/C30H44N8O4/c1-19-15-22(39)16-20(2)23(19)18-26(36-28(40)24(32)11-8-14-34-33)29(41)35-25(12-6-7-13-31)30-37-27(38-42-30)17-21-9-4-3-5-10-21/h3-5,9-10,15-16,24-26,34,39H,6-8,11-14,17-18,31-33H2,1-2H3,(H,35,41)(H,36,40)/t24-,25+,26+/m1/s1. The first-order valence-electron chi connectivity index (χ1n) is 14.4. The van der Waals surface area contributed by atoms with Crippen molar-refractivity contribution in [1.29, 1.82) is 0 Å². The van der Waals surface area contributed by atoms with Crippen LogP contribution in [0.2, 0.25) is 0 Å². The number of hydrogen-bond acceptors (Lipinski definition) is 10. The van der Waals surface area contributed by atoms with Crippen LogP contribution >= 0.6 is 0 Å². The number of nitrogens with one attached hydrogen (secondary N) is 3. The van der Waals surface area contributed by atoms with Gasteiger partial charge in [-0.2, -0.15) is 4.98 Å². The van der Waals surface area contributed by atoms with E-state index < -0.39 is 29.9 Å². The molecule has 1 aromatic heterocycles. The molecule has 0 saturated carbocycles. The van der Waals surface area contributed by atoms with Gasteiger partial charge in [0.15, 0.2) is 5.82 Å². The molecule has 0 aliphatic carbocycles. The predicted octanol–water partition coefficient (Wildman–Crippen LogP) is 1.57. The van der Waals surface area contributed by atoms with Crippen molar-refractivity contribution in [2.45, 2.75) is 76.9 Å². The summed E-state index contributed by atoms with van der Waals surface area (Å²) in [5.41, 5.74) is 17.9. The van der Waals surface area contributed by atoms with E-state index >= 15 is 0 Å². The summed E-state index contributed by atoms with van der Waals surface area (Å²) in [5.74, 6) is 5.41. The van der Waals surface area contributed by atoms with Gasteiger partial charge in [0, 0.05) is 19.4 Å². The second-order valence-electron chi connectivity index (χ2n) is 10.6. The van der Waals surface area contributed by atoms with E-state index in [4.69, 9.17) is 21.8 Å². The molecule has 1 heterocycles. The molecular formula is C30H44N8O4. The summed E-state index contributed by atoms with van der Waals surface area (Å²) >= 11 is 0. The summed E-state index contributed by atoms with van der Waals surface area (Å²) < 4.78 is 5.60. The lowest BCUT2D eigenvalue weighted by Crippen LogP contribution is -2.53. The molecule has 3 rings (SSSR count). The van der Waals surface area contributed by atoms with E-state index in [0.29, 0.717) is 50.5 Å². The van der Waals surface area contributed by atoms with Crippen molar-refractivity contribution in [3.8, 4) is 5.75 Å². The average molecular weight is 581 g/mol. The minimum atomic E-state index is -0.943. The zero-order chi connectivity index (χ0) is 30.5. The summed E-state index contributed by atoms with van der Waals surface area (Å²) in [6.45, 7) is 4.73. The maximum absolute atomic E-state index is 13.8. The van der Waals surface area contributed by atoms with Gasteiger partial charge in [-0.25, -0.2) is 0 Å². The molecule has 12 heteroatoms. The monoisotopic (exact) mass is 580 g/mol. The number of aryl methyl sites for hydroxylation is 2. The molecule has 228 valence electrons. The molecular weight excluding hydrogens is 536 g/mol. The average Bonchev–Trinajstić information content (AvgIpc) is 3.42. The van der Waals surface area contributed by atoms with Gasteiger partial charge in [0.2, 0.25) is 17.7 Å². The summed E-state index contributed by atoms with van der Waals surface area (Å²) in [6, 6.07) is 10.7. The summed E-state index contributed by atoms with van der Waals surface area (Å²) in [5, 5.41) is 20.0. The number of amides is 2. The highest BCUT2D eigenvalue weighted by atomic mass is 16.5. The van der Waals surface area contributed by atoms with Gasteiger partial charge in [-0.3, -0.25) is 20.9 Å². The number of benzene rings is 2. The molecule has 42 heavy (non-hydrogen) atoms. The SMILES string of the molecule is Cc1cc(O)cc(C)c1C[C@H](NC(=O)[C@H](N)CCCNN)C(=O)N[C@@H](CCCCN)c1nc(Cc2ccccc2)no1. The van der Waals surface area contributed by atoms with Gasteiger partial charge in [-0.05, 0) is 86.9 Å². The van der Waals surface area contributed by atoms with E-state index in [0.717, 1.165) is 35.1 Å². The molecule has 10 N–H and O–H groups in total. The molecule has 0 fully saturated rings. The summed E-state index contributed by atoms with van der Waals surface area (Å²) in [7, 11) is 0. The highest BCUT2D eigenvalue weighted by Crippen LogP contribution is 2.23. The number of hydrazine groups is 1. The van der Waals surface area contributed by atoms with Gasteiger partial charge in [0.05, 0.1) is 6.04 Å². The second kappa shape index (κ2) is 16.6. The van der Waals surface area contributed by atoms with Gasteiger partial charge >= 0.3 is 0 Å². The number of rotatable bonds is 17. The van der Waals surface area contributed by atoms with Crippen molar-refractivity contribution < 1.29 is 19.2 Å². The number of hydrogen-bond donors (Lipinski definition) is 7. The van der Waals surface area contributed by atoms with Crippen molar-refractivity contribution in [2.24, 2.45) is 17.3 Å². The lowest BCUT2D eigenvalue weighted by molar-refractivity contribution is -0.130. The third-order valence-electron chi connectivity index (χ3n) is 7.15. The molecule has 0 unspecified atom stereocenters. The summed E-state index contributed by atoms with van der Waals surface area (Å²) in [6.07, 6.45) is 3.70. The van der Waals surface area contributed by atoms with Crippen molar-refractivity contribution in [3.05, 3.63) is 76.4 Å². The Morgan fingerprint density at radius 3 is 2.38 bits per heavy atom. The van der Waals surface area contributed by atoms with Crippen LogP contribution in [0.15, 0.2) is 47.0 Å². The van der Waals surface area contributed by atoms with E-state index in [1.807, 2.05) is 44.2 Å². The first-order valence-corrected chi connectivity index (χ1v) is 14.4. The Bertz CT molecular complexity index is 1260. The molecule has 0 aliphatic heterocycles. The Hall–Kier alpha value is -3.84. The Morgan fingerprint density at radius 2 is 1.71 bits per heavy atom. The first-order chi connectivity index (χ1) is 20.2. The largest absolute Gasteiger partial charge is 0.508 e. The number of carbonyl (C=O) groups excluding carboxylic acids is 2. The molecule has 12 nitrogen and oxygen atoms in total. The number of nitrogens with two attached hydrogens (primary N) is 3. The Balaban J connectivity index is 1.83. The van der Waals surface area contributed by atoms with Crippen LogP contribution in [0.3, 0.4) is 0 Å². The predicted molar refractivity (Wildman–Crippen MR) is 160 cm³/mol. The maximum Gasteiger partial charge on any atom is 0.249 e. The molecule has 0 aliphatic rings. The van der Waals surface area contributed by atoms with Crippen molar-refractivity contribution in [1.82, 2.24) is 26.2 Å². The number of phenolic OH excluding ortho intramolecular Hbond substituents is 1. The van der Waals surface area contributed by atoms with Crippen molar-refractivity contribution >= 4 is 11.8 Å². The lowest BCUT2D eigenvalue weighted by Gasteiger charge is -2.24. The molecule has 0 saturated heterocycles. The zero-order valence-corrected chi connectivity index (χ0v) is 24.4. The third-order valence-corrected chi connectivity index (χ3v) is 7.15. The van der Waals surface area contributed by atoms with Gasteiger partial charge in [0.1, 0.15) is 17.8 Å². The van der Waals surface area contributed by atoms with Crippen molar-refractivity contribution in [2.75, 3.05) is 13.1 Å². The zero-order valence-electron chi connectivity index (χ0n) is 24.4. The first kappa shape index (κ1) is 32.7. The van der Waals surface area contributed by atoms with E-state index in [1.165, 1.54) is 0 Å². The second-order valence-corrected chi connectivity index (χ2v) is 10.6. The smallest absolute Gasteiger partial charge is 0.249 e. The van der Waals surface area contributed by atoms with Crippen LogP contribution in [-0.2, 0) is 22.4 Å². The molecule has 0 radical (unpaired) electrons. The molecule has 3 aromatic rings. The molecule has 2 aromatic carbocycles. The minimum Gasteiger partial charge on any atom is -0.508 e. The van der Waals surface area contributed by atoms with E-state index in [9.17, 15) is 14.7 Å². The highest BCUT2D eigenvalue weighted by Gasteiger charge is 2.29. The third kappa shape index (κ3) is 9.91. The van der Waals surface area contributed by atoms with Gasteiger partial charge in [-0.15, -0.1) is 0 Å². The fraction of sp³-hybridized carbons (Fsp3) is 0.467. The van der Waals surface area contributed by atoms with Crippen LogP contribution in [-0.4, -0.2) is 52.2 Å². The Kier molecular flexibility index (Phi) is 12.9. The Labute approximate surface area is 246 Å².